The summed E-state index contributed by atoms with van der Waals surface area (Å²) in [6.07, 6.45) is 4.86. The van der Waals surface area contributed by atoms with Crippen LogP contribution in [0.15, 0.2) is 24.5 Å². The summed E-state index contributed by atoms with van der Waals surface area (Å²) in [5.74, 6) is 0. The van der Waals surface area contributed by atoms with Crippen molar-refractivity contribution >= 4 is 0 Å². The Balaban J connectivity index is 1.90. The van der Waals surface area contributed by atoms with Crippen molar-refractivity contribution in [3.63, 3.8) is 0 Å². The van der Waals surface area contributed by atoms with Crippen molar-refractivity contribution < 1.29 is 0 Å². The highest BCUT2D eigenvalue weighted by molar-refractivity contribution is 5.10. The zero-order chi connectivity index (χ0) is 11.4. The molecule has 2 rings (SSSR count). The molecule has 1 aromatic rings. The fourth-order valence-corrected chi connectivity index (χ4v) is 2.25. The number of hydrogen-bond acceptors (Lipinski definition) is 3. The van der Waals surface area contributed by atoms with Gasteiger partial charge in [-0.05, 0) is 38.0 Å². The second-order valence-electron chi connectivity index (χ2n) is 5.08. The Morgan fingerprint density at radius 1 is 1.38 bits per heavy atom. The molecule has 0 spiro atoms. The quantitative estimate of drug-likeness (QED) is 0.831. The Morgan fingerprint density at radius 2 is 2.12 bits per heavy atom. The minimum atomic E-state index is 0.283. The Bertz CT molecular complexity index is 321. The number of piperazine rings is 1. The van der Waals surface area contributed by atoms with Crippen molar-refractivity contribution in [1.29, 1.82) is 0 Å². The van der Waals surface area contributed by atoms with Crippen LogP contribution in [0.3, 0.4) is 0 Å². The van der Waals surface area contributed by atoms with E-state index in [1.54, 1.807) is 0 Å². The molecule has 0 atom stereocenters. The molecule has 0 aromatic carbocycles. The van der Waals surface area contributed by atoms with E-state index < -0.39 is 0 Å². The topological polar surface area (TPSA) is 28.2 Å². The van der Waals surface area contributed by atoms with Gasteiger partial charge in [0.25, 0.3) is 0 Å². The summed E-state index contributed by atoms with van der Waals surface area (Å²) in [7, 11) is 0. The molecular weight excluding hydrogens is 198 g/mol. The average Bonchev–Trinajstić information content (AvgIpc) is 2.28. The van der Waals surface area contributed by atoms with Gasteiger partial charge >= 0.3 is 0 Å². The molecule has 1 aromatic heterocycles. The second kappa shape index (κ2) is 4.93. The highest BCUT2D eigenvalue weighted by atomic mass is 15.2. The van der Waals surface area contributed by atoms with Crippen molar-refractivity contribution in [3.05, 3.63) is 30.1 Å². The van der Waals surface area contributed by atoms with E-state index in [4.69, 9.17) is 0 Å². The highest BCUT2D eigenvalue weighted by Gasteiger charge is 2.28. The Hall–Kier alpha value is -0.930. The van der Waals surface area contributed by atoms with Gasteiger partial charge in [-0.2, -0.15) is 0 Å². The summed E-state index contributed by atoms with van der Waals surface area (Å²) in [6, 6.07) is 4.21. The number of pyridine rings is 1. The molecule has 1 fully saturated rings. The van der Waals surface area contributed by atoms with Gasteiger partial charge in [0.05, 0.1) is 0 Å². The Labute approximate surface area is 97.9 Å². The van der Waals surface area contributed by atoms with Crippen LogP contribution in [-0.2, 0) is 6.42 Å². The third-order valence-corrected chi connectivity index (χ3v) is 3.39. The SMILES string of the molecule is CC1(C)CNCCN1CCc1ccncc1. The molecule has 1 saturated heterocycles. The van der Waals surface area contributed by atoms with Crippen molar-refractivity contribution in [3.8, 4) is 0 Å². The fourth-order valence-electron chi connectivity index (χ4n) is 2.25. The first-order chi connectivity index (χ1) is 7.68. The molecule has 1 aliphatic rings. The summed E-state index contributed by atoms with van der Waals surface area (Å²) in [5, 5.41) is 3.45. The van der Waals surface area contributed by atoms with Crippen LogP contribution in [0.5, 0.6) is 0 Å². The molecule has 88 valence electrons. The smallest absolute Gasteiger partial charge is 0.0278 e. The highest BCUT2D eigenvalue weighted by Crippen LogP contribution is 2.16. The average molecular weight is 219 g/mol. The molecule has 1 aliphatic heterocycles. The van der Waals surface area contributed by atoms with Crippen molar-refractivity contribution in [2.45, 2.75) is 25.8 Å². The van der Waals surface area contributed by atoms with Gasteiger partial charge in [-0.25, -0.2) is 0 Å². The van der Waals surface area contributed by atoms with Crippen molar-refractivity contribution in [2.24, 2.45) is 0 Å². The van der Waals surface area contributed by atoms with E-state index in [0.29, 0.717) is 0 Å². The molecule has 0 radical (unpaired) electrons. The second-order valence-corrected chi connectivity index (χ2v) is 5.08. The van der Waals surface area contributed by atoms with Gasteiger partial charge in [-0.1, -0.05) is 0 Å². The van der Waals surface area contributed by atoms with Crippen LogP contribution in [0.2, 0.25) is 0 Å². The molecule has 1 N–H and O–H groups in total. The summed E-state index contributed by atoms with van der Waals surface area (Å²) in [4.78, 5) is 6.62. The number of rotatable bonds is 3. The van der Waals surface area contributed by atoms with Crippen molar-refractivity contribution in [2.75, 3.05) is 26.2 Å². The molecule has 2 heterocycles. The zero-order valence-electron chi connectivity index (χ0n) is 10.2. The molecular formula is C13H21N3. The maximum absolute atomic E-state index is 4.05. The van der Waals surface area contributed by atoms with Crippen LogP contribution in [0.4, 0.5) is 0 Å². The van der Waals surface area contributed by atoms with Crippen LogP contribution in [-0.4, -0.2) is 41.6 Å². The molecule has 0 saturated carbocycles. The van der Waals surface area contributed by atoms with Gasteiger partial charge in [0, 0.05) is 44.1 Å². The number of nitrogens with one attached hydrogen (secondary N) is 1. The van der Waals surface area contributed by atoms with E-state index in [-0.39, 0.29) is 5.54 Å². The van der Waals surface area contributed by atoms with Crippen LogP contribution in [0, 0.1) is 0 Å². The van der Waals surface area contributed by atoms with Crippen LogP contribution in [0.1, 0.15) is 19.4 Å². The van der Waals surface area contributed by atoms with E-state index in [2.05, 4.69) is 41.2 Å². The lowest BCUT2D eigenvalue weighted by atomic mass is 9.99. The predicted octanol–water partition coefficient (Wildman–Crippen LogP) is 1.31. The van der Waals surface area contributed by atoms with Gasteiger partial charge in [0.15, 0.2) is 0 Å². The predicted molar refractivity (Wildman–Crippen MR) is 66.5 cm³/mol. The molecule has 16 heavy (non-hydrogen) atoms. The van der Waals surface area contributed by atoms with Gasteiger partial charge in [-0.3, -0.25) is 9.88 Å². The number of aromatic nitrogens is 1. The van der Waals surface area contributed by atoms with Crippen molar-refractivity contribution in [1.82, 2.24) is 15.2 Å². The number of nitrogens with zero attached hydrogens (tertiary/aromatic N) is 2. The standard InChI is InChI=1S/C13H21N3/c1-13(2)11-15-8-10-16(13)9-5-12-3-6-14-7-4-12/h3-4,6-7,15H,5,8-11H2,1-2H3. The molecule has 0 unspecified atom stereocenters. The van der Waals surface area contributed by atoms with Crippen LogP contribution in [0.25, 0.3) is 0 Å². The van der Waals surface area contributed by atoms with E-state index in [1.165, 1.54) is 5.56 Å². The molecule has 3 heteroatoms. The first-order valence-electron chi connectivity index (χ1n) is 6.03. The first kappa shape index (κ1) is 11.6. The van der Waals surface area contributed by atoms with Gasteiger partial charge in [0.1, 0.15) is 0 Å². The normalized spacial score (nSPS) is 20.9. The minimum Gasteiger partial charge on any atom is -0.314 e. The van der Waals surface area contributed by atoms with E-state index in [9.17, 15) is 0 Å². The van der Waals surface area contributed by atoms with Gasteiger partial charge < -0.3 is 5.32 Å². The maximum Gasteiger partial charge on any atom is 0.0278 e. The summed E-state index contributed by atoms with van der Waals surface area (Å²) in [5.41, 5.74) is 1.66. The van der Waals surface area contributed by atoms with E-state index in [0.717, 1.165) is 32.6 Å². The lowest BCUT2D eigenvalue weighted by Gasteiger charge is -2.42. The summed E-state index contributed by atoms with van der Waals surface area (Å²) < 4.78 is 0. The molecule has 0 amide bonds. The molecule has 0 bridgehead atoms. The third-order valence-electron chi connectivity index (χ3n) is 3.39. The summed E-state index contributed by atoms with van der Waals surface area (Å²) >= 11 is 0. The Kier molecular flexibility index (Phi) is 3.56. The zero-order valence-corrected chi connectivity index (χ0v) is 10.2. The lowest BCUT2D eigenvalue weighted by molar-refractivity contribution is 0.0921. The minimum absolute atomic E-state index is 0.283. The molecule has 3 nitrogen and oxygen atoms in total. The largest absolute Gasteiger partial charge is 0.314 e. The first-order valence-corrected chi connectivity index (χ1v) is 6.03. The van der Waals surface area contributed by atoms with Crippen LogP contribution < -0.4 is 5.32 Å². The Morgan fingerprint density at radius 3 is 2.81 bits per heavy atom. The maximum atomic E-state index is 4.05. The fraction of sp³-hybridized carbons (Fsp3) is 0.615. The van der Waals surface area contributed by atoms with Crippen LogP contribution >= 0.6 is 0 Å². The van der Waals surface area contributed by atoms with Gasteiger partial charge in [0.2, 0.25) is 0 Å². The van der Waals surface area contributed by atoms with E-state index in [1.807, 2.05) is 12.4 Å². The van der Waals surface area contributed by atoms with E-state index >= 15 is 0 Å². The third kappa shape index (κ3) is 2.80. The number of hydrogen-bond donors (Lipinski definition) is 1. The lowest BCUT2D eigenvalue weighted by Crippen LogP contribution is -2.58. The van der Waals surface area contributed by atoms with Gasteiger partial charge in [-0.15, -0.1) is 0 Å². The monoisotopic (exact) mass is 219 g/mol. The molecule has 0 aliphatic carbocycles. The summed E-state index contributed by atoms with van der Waals surface area (Å²) in [6.45, 7) is 9.11.